The van der Waals surface area contributed by atoms with Gasteiger partial charge in [-0.05, 0) is 30.5 Å². The van der Waals surface area contributed by atoms with E-state index in [0.29, 0.717) is 30.9 Å². The average Bonchev–Trinajstić information content (AvgIpc) is 3.51. The summed E-state index contributed by atoms with van der Waals surface area (Å²) in [5.41, 5.74) is 1.50. The first-order valence-electron chi connectivity index (χ1n) is 18.5. The van der Waals surface area contributed by atoms with E-state index in [1.807, 2.05) is 71.6 Å². The second-order valence-corrected chi connectivity index (χ2v) is 13.3. The van der Waals surface area contributed by atoms with Crippen LogP contribution in [-0.4, -0.2) is 55.4 Å². The number of rotatable bonds is 22. The van der Waals surface area contributed by atoms with Crippen LogP contribution in [0, 0.1) is 0 Å². The van der Waals surface area contributed by atoms with Crippen molar-refractivity contribution in [3.05, 3.63) is 95.6 Å². The van der Waals surface area contributed by atoms with Crippen LogP contribution in [-0.2, 0) is 15.1 Å². The topological polar surface area (TPSA) is 68.2 Å². The Balaban J connectivity index is 1.41. The van der Waals surface area contributed by atoms with Gasteiger partial charge in [-0.1, -0.05) is 151 Å². The van der Waals surface area contributed by atoms with Crippen LogP contribution < -0.4 is 9.47 Å². The quantitative estimate of drug-likeness (QED) is 0.0861. The minimum Gasteiger partial charge on any atom is -0.496 e. The summed E-state index contributed by atoms with van der Waals surface area (Å²) in [5, 5.41) is 10.8. The van der Waals surface area contributed by atoms with E-state index >= 15 is 0 Å². The van der Waals surface area contributed by atoms with E-state index in [2.05, 4.69) is 19.1 Å². The number of likely N-dealkylation sites (tertiary alicyclic amines) is 1. The molecule has 1 amide bonds. The Bertz CT molecular complexity index is 1300. The van der Waals surface area contributed by atoms with Gasteiger partial charge in [0.1, 0.15) is 11.5 Å². The molecule has 48 heavy (non-hydrogen) atoms. The second kappa shape index (κ2) is 20.2. The van der Waals surface area contributed by atoms with Crippen molar-refractivity contribution < 1.29 is 24.1 Å². The van der Waals surface area contributed by atoms with Crippen LogP contribution in [0.15, 0.2) is 78.9 Å². The molecule has 3 aromatic rings. The number of ether oxygens (including phenoxy) is 3. The van der Waals surface area contributed by atoms with Crippen LogP contribution >= 0.6 is 0 Å². The number of hydrogen-bond acceptors (Lipinski definition) is 5. The zero-order valence-corrected chi connectivity index (χ0v) is 29.7. The number of β-amino-alcohol motifs (C(OH)–C–C–N with tert-alkyl or cyclic N) is 1. The predicted octanol–water partition coefficient (Wildman–Crippen LogP) is 9.46. The molecule has 0 radical (unpaired) electrons. The molecule has 1 saturated heterocycles. The number of aliphatic hydroxyl groups is 1. The molecule has 1 fully saturated rings. The molecule has 1 heterocycles. The third-order valence-electron chi connectivity index (χ3n) is 9.85. The maximum Gasteiger partial charge on any atom is 0.222 e. The van der Waals surface area contributed by atoms with Crippen molar-refractivity contribution >= 4 is 5.91 Å². The highest BCUT2D eigenvalue weighted by molar-refractivity contribution is 5.77. The van der Waals surface area contributed by atoms with Crippen LogP contribution in [0.1, 0.15) is 120 Å². The van der Waals surface area contributed by atoms with Gasteiger partial charge in [-0.25, -0.2) is 0 Å². The molecule has 3 aromatic carbocycles. The van der Waals surface area contributed by atoms with Gasteiger partial charge in [-0.2, -0.15) is 0 Å². The minimum atomic E-state index is -1.10. The fourth-order valence-corrected chi connectivity index (χ4v) is 7.25. The van der Waals surface area contributed by atoms with Crippen molar-refractivity contribution in [2.75, 3.05) is 27.4 Å². The molecule has 4 rings (SSSR count). The predicted molar refractivity (Wildman–Crippen MR) is 195 cm³/mol. The first-order valence-corrected chi connectivity index (χ1v) is 18.5. The van der Waals surface area contributed by atoms with E-state index in [0.717, 1.165) is 29.5 Å². The summed E-state index contributed by atoms with van der Waals surface area (Å²) in [6.07, 6.45) is 17.0. The van der Waals surface area contributed by atoms with Crippen molar-refractivity contribution in [3.63, 3.8) is 0 Å². The molecule has 2 unspecified atom stereocenters. The van der Waals surface area contributed by atoms with Gasteiger partial charge < -0.3 is 24.2 Å². The van der Waals surface area contributed by atoms with Crippen LogP contribution in [0.3, 0.4) is 0 Å². The summed E-state index contributed by atoms with van der Waals surface area (Å²) in [6, 6.07) is 25.7. The Hall–Kier alpha value is -3.35. The molecule has 0 aliphatic carbocycles. The van der Waals surface area contributed by atoms with Crippen LogP contribution in [0.4, 0.5) is 0 Å². The Morgan fingerprint density at radius 3 is 1.71 bits per heavy atom. The zero-order chi connectivity index (χ0) is 34.0. The van der Waals surface area contributed by atoms with E-state index in [4.69, 9.17) is 14.2 Å². The number of benzene rings is 3. The van der Waals surface area contributed by atoms with E-state index in [1.54, 1.807) is 14.2 Å². The SMILES string of the molecule is CCCCCCCCCCCCCCCC(=O)N1CC(O)CC1COC(c1ccccc1)(c1ccccc1OC)c1ccccc1OC. The van der Waals surface area contributed by atoms with Crippen LogP contribution in [0.5, 0.6) is 11.5 Å². The first kappa shape index (κ1) is 37.5. The molecule has 1 aliphatic rings. The number of carbonyl (C=O) groups excluding carboxylic acids is 1. The van der Waals surface area contributed by atoms with E-state index < -0.39 is 11.7 Å². The normalized spacial score (nSPS) is 16.3. The highest BCUT2D eigenvalue weighted by Gasteiger charge is 2.44. The molecule has 0 aromatic heterocycles. The van der Waals surface area contributed by atoms with Crippen LogP contribution in [0.25, 0.3) is 0 Å². The molecule has 0 bridgehead atoms. The molecule has 1 aliphatic heterocycles. The van der Waals surface area contributed by atoms with Crippen molar-refractivity contribution in [2.24, 2.45) is 0 Å². The van der Waals surface area contributed by atoms with E-state index in [-0.39, 0.29) is 18.6 Å². The fourth-order valence-electron chi connectivity index (χ4n) is 7.25. The molecule has 0 spiro atoms. The summed E-state index contributed by atoms with van der Waals surface area (Å²) in [6.45, 7) is 2.85. The largest absolute Gasteiger partial charge is 0.496 e. The summed E-state index contributed by atoms with van der Waals surface area (Å²) in [5.74, 6) is 1.48. The molecule has 6 heteroatoms. The number of hydrogen-bond donors (Lipinski definition) is 1. The van der Waals surface area contributed by atoms with Crippen LogP contribution in [0.2, 0.25) is 0 Å². The number of nitrogens with zero attached hydrogens (tertiary/aromatic N) is 1. The van der Waals surface area contributed by atoms with Gasteiger partial charge in [0.2, 0.25) is 5.91 Å². The van der Waals surface area contributed by atoms with Crippen molar-refractivity contribution in [2.45, 2.75) is 121 Å². The Labute approximate surface area is 289 Å². The van der Waals surface area contributed by atoms with Gasteiger partial charge in [0.25, 0.3) is 0 Å². The number of methoxy groups -OCH3 is 2. The number of amides is 1. The van der Waals surface area contributed by atoms with E-state index in [1.165, 1.54) is 70.6 Å². The first-order chi connectivity index (χ1) is 23.5. The lowest BCUT2D eigenvalue weighted by Crippen LogP contribution is -2.42. The molecule has 1 N–H and O–H groups in total. The maximum atomic E-state index is 13.6. The Kier molecular flexibility index (Phi) is 15.8. The second-order valence-electron chi connectivity index (χ2n) is 13.3. The minimum absolute atomic E-state index is 0.100. The zero-order valence-electron chi connectivity index (χ0n) is 29.7. The monoisotopic (exact) mass is 657 g/mol. The lowest BCUT2D eigenvalue weighted by molar-refractivity contribution is -0.134. The van der Waals surface area contributed by atoms with Crippen molar-refractivity contribution in [3.8, 4) is 11.5 Å². The average molecular weight is 658 g/mol. The fraction of sp³-hybridized carbons (Fsp3) is 0.548. The molecular formula is C42H59NO5. The lowest BCUT2D eigenvalue weighted by atomic mass is 9.79. The summed E-state index contributed by atoms with van der Waals surface area (Å²) >= 11 is 0. The van der Waals surface area contributed by atoms with Crippen molar-refractivity contribution in [1.82, 2.24) is 4.90 Å². The molecular weight excluding hydrogens is 598 g/mol. The van der Waals surface area contributed by atoms with Gasteiger partial charge in [-0.15, -0.1) is 0 Å². The van der Waals surface area contributed by atoms with Gasteiger partial charge in [0.15, 0.2) is 5.60 Å². The van der Waals surface area contributed by atoms with Gasteiger partial charge >= 0.3 is 0 Å². The van der Waals surface area contributed by atoms with Gasteiger partial charge in [-0.3, -0.25) is 4.79 Å². The number of carbonyl (C=O) groups is 1. The molecule has 2 atom stereocenters. The highest BCUT2D eigenvalue weighted by atomic mass is 16.5. The molecule has 262 valence electrons. The van der Waals surface area contributed by atoms with Gasteiger partial charge in [0, 0.05) is 24.1 Å². The van der Waals surface area contributed by atoms with Crippen molar-refractivity contribution in [1.29, 1.82) is 0 Å². The smallest absolute Gasteiger partial charge is 0.222 e. The van der Waals surface area contributed by atoms with E-state index in [9.17, 15) is 9.90 Å². The third-order valence-corrected chi connectivity index (χ3v) is 9.85. The standard InChI is InChI=1S/C42H59NO5/c1-4-5-6-7-8-9-10-11-12-13-14-15-19-30-41(45)43-32-36(44)31-35(43)33-48-42(34-24-17-16-18-25-34,37-26-20-22-28-39(37)46-2)38-27-21-23-29-40(38)47-3/h16-18,20-29,35-36,44H,4-15,19,30-33H2,1-3H3. The highest BCUT2D eigenvalue weighted by Crippen LogP contribution is 2.47. The Morgan fingerprint density at radius 2 is 1.19 bits per heavy atom. The maximum absolute atomic E-state index is 13.6. The Morgan fingerprint density at radius 1 is 0.708 bits per heavy atom. The number of aliphatic hydroxyl groups excluding tert-OH is 1. The summed E-state index contributed by atoms with van der Waals surface area (Å²) < 4.78 is 18.9. The summed E-state index contributed by atoms with van der Waals surface area (Å²) in [7, 11) is 3.34. The third kappa shape index (κ3) is 10.1. The molecule has 6 nitrogen and oxygen atoms in total. The number of unbranched alkanes of at least 4 members (excludes halogenated alkanes) is 12. The lowest BCUT2D eigenvalue weighted by Gasteiger charge is -2.39. The number of para-hydroxylation sites is 2. The summed E-state index contributed by atoms with van der Waals surface area (Å²) in [4.78, 5) is 15.4. The molecule has 0 saturated carbocycles. The van der Waals surface area contributed by atoms with Gasteiger partial charge in [0.05, 0.1) is 33.0 Å².